The zero-order valence-corrected chi connectivity index (χ0v) is 19.6. The molecule has 0 bridgehead atoms. The lowest BCUT2D eigenvalue weighted by Gasteiger charge is -2.20. The highest BCUT2D eigenvalue weighted by molar-refractivity contribution is 9.10. The van der Waals surface area contributed by atoms with Crippen LogP contribution in [-0.2, 0) is 16.0 Å². The van der Waals surface area contributed by atoms with E-state index in [4.69, 9.17) is 21.1 Å². The molecule has 0 atom stereocenters. The van der Waals surface area contributed by atoms with Crippen molar-refractivity contribution in [2.24, 2.45) is 0 Å². The molecule has 0 unspecified atom stereocenters. The maximum Gasteiger partial charge on any atom is 0.344 e. The number of carbonyl (C=O) groups is 1. The van der Waals surface area contributed by atoms with Crippen LogP contribution in [0.1, 0.15) is 37.5 Å². The van der Waals surface area contributed by atoms with Crippen LogP contribution in [0.15, 0.2) is 45.7 Å². The van der Waals surface area contributed by atoms with E-state index in [9.17, 15) is 9.59 Å². The fraction of sp³-hybridized carbons (Fsp3) is 0.304. The number of carbonyl (C=O) groups excluding carboxylic acids is 1. The van der Waals surface area contributed by atoms with E-state index in [1.165, 1.54) is 0 Å². The van der Waals surface area contributed by atoms with E-state index >= 15 is 0 Å². The number of aromatic nitrogens is 1. The number of ether oxygens (including phenoxy) is 2. The van der Waals surface area contributed by atoms with Crippen LogP contribution in [0.3, 0.4) is 0 Å². The molecule has 0 saturated carbocycles. The van der Waals surface area contributed by atoms with Crippen LogP contribution in [0, 0.1) is 6.92 Å². The molecule has 158 valence electrons. The number of benzene rings is 2. The van der Waals surface area contributed by atoms with Gasteiger partial charge < -0.3 is 14.5 Å². The number of H-pyrrole nitrogens is 1. The second kappa shape index (κ2) is 8.82. The van der Waals surface area contributed by atoms with Crippen LogP contribution < -0.4 is 10.3 Å². The molecule has 30 heavy (non-hydrogen) atoms. The van der Waals surface area contributed by atoms with Gasteiger partial charge in [0.2, 0.25) is 0 Å². The Hall–Kier alpha value is -2.31. The molecule has 0 saturated heterocycles. The molecular formula is C23H23BrClNO4. The quantitative estimate of drug-likeness (QED) is 0.473. The summed E-state index contributed by atoms with van der Waals surface area (Å²) in [5.74, 6) is -0.00571. The lowest BCUT2D eigenvalue weighted by atomic mass is 9.98. The maximum atomic E-state index is 12.8. The molecule has 0 spiro atoms. The van der Waals surface area contributed by atoms with Crippen LogP contribution in [0.4, 0.5) is 0 Å². The first kappa shape index (κ1) is 22.4. The first-order chi connectivity index (χ1) is 14.0. The van der Waals surface area contributed by atoms with Crippen LogP contribution in [0.25, 0.3) is 10.9 Å². The number of rotatable bonds is 5. The van der Waals surface area contributed by atoms with Gasteiger partial charge in [-0.2, -0.15) is 0 Å². The first-order valence-corrected chi connectivity index (χ1v) is 10.7. The van der Waals surface area contributed by atoms with Crippen LogP contribution >= 0.6 is 27.5 Å². The SMILES string of the molecule is Cc1c(Cc2ccc(Br)cc2)c(=O)[nH]c2c(Cl)ccc(OCC(=O)OC(C)(C)C)c12. The highest BCUT2D eigenvalue weighted by Gasteiger charge is 2.19. The van der Waals surface area contributed by atoms with E-state index in [2.05, 4.69) is 20.9 Å². The topological polar surface area (TPSA) is 68.4 Å². The van der Waals surface area contributed by atoms with Gasteiger partial charge >= 0.3 is 5.97 Å². The monoisotopic (exact) mass is 491 g/mol. The number of nitrogens with one attached hydrogen (secondary N) is 1. The Morgan fingerprint density at radius 1 is 1.13 bits per heavy atom. The zero-order valence-electron chi connectivity index (χ0n) is 17.3. The zero-order chi connectivity index (χ0) is 22.1. The third-order valence-corrected chi connectivity index (χ3v) is 5.36. The molecule has 0 amide bonds. The Kier molecular flexibility index (Phi) is 6.58. The third kappa shape index (κ3) is 5.24. The lowest BCUT2D eigenvalue weighted by Crippen LogP contribution is -2.27. The number of aryl methyl sites for hydroxylation is 1. The summed E-state index contributed by atoms with van der Waals surface area (Å²) >= 11 is 9.75. The number of esters is 1. The second-order valence-electron chi connectivity index (χ2n) is 8.03. The molecular weight excluding hydrogens is 470 g/mol. The number of pyridine rings is 1. The summed E-state index contributed by atoms with van der Waals surface area (Å²) in [6.07, 6.45) is 0.461. The normalized spacial score (nSPS) is 11.5. The van der Waals surface area contributed by atoms with E-state index in [-0.39, 0.29) is 12.2 Å². The van der Waals surface area contributed by atoms with Gasteiger partial charge in [-0.15, -0.1) is 0 Å². The summed E-state index contributed by atoms with van der Waals surface area (Å²) in [6, 6.07) is 11.1. The molecule has 1 aromatic heterocycles. The summed E-state index contributed by atoms with van der Waals surface area (Å²) in [4.78, 5) is 27.7. The predicted molar refractivity (Wildman–Crippen MR) is 123 cm³/mol. The van der Waals surface area contributed by atoms with Crippen LogP contribution in [-0.4, -0.2) is 23.2 Å². The van der Waals surface area contributed by atoms with Gasteiger partial charge in [-0.05, 0) is 63.1 Å². The molecule has 3 aromatic rings. The van der Waals surface area contributed by atoms with Gasteiger partial charge in [-0.3, -0.25) is 4.79 Å². The Morgan fingerprint density at radius 2 is 1.80 bits per heavy atom. The van der Waals surface area contributed by atoms with Gasteiger partial charge in [0.25, 0.3) is 5.56 Å². The average Bonchev–Trinajstić information content (AvgIpc) is 2.65. The van der Waals surface area contributed by atoms with Crippen molar-refractivity contribution in [2.45, 2.75) is 39.7 Å². The number of hydrogen-bond donors (Lipinski definition) is 1. The molecule has 5 nitrogen and oxygen atoms in total. The lowest BCUT2D eigenvalue weighted by molar-refractivity contribution is -0.157. The van der Waals surface area contributed by atoms with Crippen molar-refractivity contribution in [2.75, 3.05) is 6.61 Å². The average molecular weight is 493 g/mol. The smallest absolute Gasteiger partial charge is 0.344 e. The van der Waals surface area contributed by atoms with E-state index in [0.717, 1.165) is 15.6 Å². The highest BCUT2D eigenvalue weighted by atomic mass is 79.9. The van der Waals surface area contributed by atoms with Gasteiger partial charge in [0.1, 0.15) is 11.4 Å². The van der Waals surface area contributed by atoms with E-state index in [1.54, 1.807) is 32.9 Å². The molecule has 2 aromatic carbocycles. The van der Waals surface area contributed by atoms with Gasteiger partial charge in [0.15, 0.2) is 6.61 Å². The fourth-order valence-electron chi connectivity index (χ4n) is 3.21. The molecule has 1 N–H and O–H groups in total. The number of hydrogen-bond acceptors (Lipinski definition) is 4. The summed E-state index contributed by atoms with van der Waals surface area (Å²) in [5.41, 5.74) is 2.08. The molecule has 0 aliphatic carbocycles. The summed E-state index contributed by atoms with van der Waals surface area (Å²) < 4.78 is 12.0. The molecule has 7 heteroatoms. The van der Waals surface area contributed by atoms with Crippen molar-refractivity contribution >= 4 is 44.4 Å². The van der Waals surface area contributed by atoms with Crippen molar-refractivity contribution in [3.63, 3.8) is 0 Å². The summed E-state index contributed by atoms with van der Waals surface area (Å²) in [5, 5.41) is 1.09. The van der Waals surface area contributed by atoms with Crippen molar-refractivity contribution < 1.29 is 14.3 Å². The largest absolute Gasteiger partial charge is 0.481 e. The molecule has 0 fully saturated rings. The Morgan fingerprint density at radius 3 is 2.43 bits per heavy atom. The Balaban J connectivity index is 2.00. The van der Waals surface area contributed by atoms with Gasteiger partial charge in [0.05, 0.1) is 10.5 Å². The van der Waals surface area contributed by atoms with Crippen LogP contribution in [0.5, 0.6) is 5.75 Å². The van der Waals surface area contributed by atoms with Crippen molar-refractivity contribution in [3.8, 4) is 5.75 Å². The summed E-state index contributed by atoms with van der Waals surface area (Å²) in [7, 11) is 0. The molecule has 3 rings (SSSR count). The van der Waals surface area contributed by atoms with E-state index in [1.807, 2.05) is 31.2 Å². The third-order valence-electron chi connectivity index (χ3n) is 4.52. The maximum absolute atomic E-state index is 12.8. The van der Waals surface area contributed by atoms with Crippen molar-refractivity contribution in [1.29, 1.82) is 0 Å². The number of fused-ring (bicyclic) bond motifs is 1. The molecule has 0 aliphatic heterocycles. The number of aromatic amines is 1. The standard InChI is InChI=1S/C23H23BrClNO4/c1-13-16(11-14-5-7-15(24)8-6-14)22(28)26-21-17(25)9-10-18(20(13)21)29-12-19(27)30-23(2,3)4/h5-10H,11-12H2,1-4H3,(H,26,28). The molecule has 0 radical (unpaired) electrons. The molecule has 0 aliphatic rings. The second-order valence-corrected chi connectivity index (χ2v) is 9.35. The Bertz CT molecular complexity index is 1150. The van der Waals surface area contributed by atoms with E-state index in [0.29, 0.717) is 33.7 Å². The minimum atomic E-state index is -0.596. The first-order valence-electron chi connectivity index (χ1n) is 9.48. The van der Waals surface area contributed by atoms with Crippen molar-refractivity contribution in [3.05, 3.63) is 72.9 Å². The summed E-state index contributed by atoms with van der Waals surface area (Å²) in [6.45, 7) is 7.01. The van der Waals surface area contributed by atoms with Crippen LogP contribution in [0.2, 0.25) is 5.02 Å². The van der Waals surface area contributed by atoms with Gasteiger partial charge in [0, 0.05) is 21.8 Å². The minimum Gasteiger partial charge on any atom is -0.481 e. The van der Waals surface area contributed by atoms with Crippen molar-refractivity contribution in [1.82, 2.24) is 4.98 Å². The van der Waals surface area contributed by atoms with E-state index < -0.39 is 11.6 Å². The predicted octanol–water partition coefficient (Wildman–Crippen LogP) is 5.56. The highest BCUT2D eigenvalue weighted by Crippen LogP contribution is 2.33. The van der Waals surface area contributed by atoms with Gasteiger partial charge in [-0.1, -0.05) is 39.7 Å². The number of halogens is 2. The Labute approximate surface area is 188 Å². The fourth-order valence-corrected chi connectivity index (χ4v) is 3.68. The van der Waals surface area contributed by atoms with Gasteiger partial charge in [-0.25, -0.2) is 4.79 Å². The molecule has 1 heterocycles. The minimum absolute atomic E-state index is 0.200.